The summed E-state index contributed by atoms with van der Waals surface area (Å²) in [5, 5.41) is 13.5. The van der Waals surface area contributed by atoms with Crippen LogP contribution >= 0.6 is 27.3 Å². The average molecular weight is 377 g/mol. The van der Waals surface area contributed by atoms with Crippen LogP contribution < -0.4 is 5.32 Å². The Bertz CT molecular complexity index is 788. The molecule has 3 aromatic rings. The largest absolute Gasteiger partial charge is 0.391 e. The fraction of sp³-hybridized carbons (Fsp3) is 0.133. The van der Waals surface area contributed by atoms with Crippen LogP contribution in [0.2, 0.25) is 0 Å². The monoisotopic (exact) mass is 376 g/mol. The molecule has 0 saturated heterocycles. The van der Waals surface area contributed by atoms with Crippen LogP contribution in [0.15, 0.2) is 41.3 Å². The minimum absolute atomic E-state index is 0.0622. The summed E-state index contributed by atoms with van der Waals surface area (Å²) in [6, 6.07) is 5.81. The molecular weight excluding hydrogens is 364 g/mol. The van der Waals surface area contributed by atoms with Crippen molar-refractivity contribution in [3.63, 3.8) is 0 Å². The molecule has 0 amide bonds. The summed E-state index contributed by atoms with van der Waals surface area (Å²) in [6.45, 7) is 1.88. The molecule has 112 valence electrons. The first-order chi connectivity index (χ1) is 10.7. The predicted molar refractivity (Wildman–Crippen MR) is 91.2 cm³/mol. The van der Waals surface area contributed by atoms with Crippen LogP contribution in [0.5, 0.6) is 0 Å². The number of aliphatic hydroxyl groups excluding tert-OH is 1. The van der Waals surface area contributed by atoms with Crippen LogP contribution in [0.1, 0.15) is 10.6 Å². The molecule has 0 radical (unpaired) electrons. The van der Waals surface area contributed by atoms with Crippen molar-refractivity contribution < 1.29 is 5.11 Å². The van der Waals surface area contributed by atoms with Gasteiger partial charge in [0.25, 0.3) is 0 Å². The SMILES string of the molecule is Cc1ccc(Nc2nc(-c3cncc(Br)c3)c(CO)s2)cn1. The summed E-state index contributed by atoms with van der Waals surface area (Å²) in [5.74, 6) is 0. The topological polar surface area (TPSA) is 70.9 Å². The third-order valence-corrected chi connectivity index (χ3v) is 4.37. The van der Waals surface area contributed by atoms with Gasteiger partial charge in [-0.25, -0.2) is 4.98 Å². The van der Waals surface area contributed by atoms with Gasteiger partial charge in [-0.2, -0.15) is 0 Å². The van der Waals surface area contributed by atoms with Crippen LogP contribution in [-0.4, -0.2) is 20.1 Å². The van der Waals surface area contributed by atoms with Crippen molar-refractivity contribution in [2.24, 2.45) is 0 Å². The summed E-state index contributed by atoms with van der Waals surface area (Å²) >= 11 is 4.82. The number of rotatable bonds is 4. The summed E-state index contributed by atoms with van der Waals surface area (Å²) in [5.41, 5.74) is 3.43. The van der Waals surface area contributed by atoms with Crippen LogP contribution in [-0.2, 0) is 6.61 Å². The van der Waals surface area contributed by atoms with Gasteiger partial charge in [0.05, 0.1) is 29.1 Å². The maximum Gasteiger partial charge on any atom is 0.188 e. The minimum atomic E-state index is -0.0622. The fourth-order valence-electron chi connectivity index (χ4n) is 1.94. The second kappa shape index (κ2) is 6.51. The molecule has 0 unspecified atom stereocenters. The Balaban J connectivity index is 1.92. The second-order valence-corrected chi connectivity index (χ2v) is 6.65. The first-order valence-electron chi connectivity index (χ1n) is 6.57. The first-order valence-corrected chi connectivity index (χ1v) is 8.18. The molecule has 0 bridgehead atoms. The van der Waals surface area contributed by atoms with Crippen molar-refractivity contribution in [1.29, 1.82) is 0 Å². The van der Waals surface area contributed by atoms with Crippen molar-refractivity contribution in [2.75, 3.05) is 5.32 Å². The lowest BCUT2D eigenvalue weighted by atomic mass is 10.2. The van der Waals surface area contributed by atoms with E-state index in [0.717, 1.165) is 32.0 Å². The number of hydrogen-bond donors (Lipinski definition) is 2. The summed E-state index contributed by atoms with van der Waals surface area (Å²) in [6.07, 6.45) is 5.21. The molecule has 7 heteroatoms. The van der Waals surface area contributed by atoms with E-state index in [1.54, 1.807) is 18.6 Å². The Morgan fingerprint density at radius 2 is 2.14 bits per heavy atom. The van der Waals surface area contributed by atoms with Gasteiger partial charge in [0.2, 0.25) is 0 Å². The number of aliphatic hydroxyl groups is 1. The van der Waals surface area contributed by atoms with Crippen LogP contribution in [0.3, 0.4) is 0 Å². The van der Waals surface area contributed by atoms with Gasteiger partial charge in [-0.05, 0) is 41.1 Å². The van der Waals surface area contributed by atoms with Gasteiger partial charge in [-0.1, -0.05) is 11.3 Å². The Kier molecular flexibility index (Phi) is 4.47. The summed E-state index contributed by atoms with van der Waals surface area (Å²) in [7, 11) is 0. The van der Waals surface area contributed by atoms with Crippen molar-refractivity contribution in [3.8, 4) is 11.3 Å². The number of aromatic nitrogens is 3. The van der Waals surface area contributed by atoms with Crippen molar-refractivity contribution >= 4 is 38.1 Å². The number of nitrogens with zero attached hydrogens (tertiary/aromatic N) is 3. The van der Waals surface area contributed by atoms with Gasteiger partial charge in [0.15, 0.2) is 5.13 Å². The van der Waals surface area contributed by atoms with Crippen molar-refractivity contribution in [1.82, 2.24) is 15.0 Å². The third kappa shape index (κ3) is 3.32. The molecule has 3 aromatic heterocycles. The molecule has 3 rings (SSSR count). The number of nitrogens with one attached hydrogen (secondary N) is 1. The van der Waals surface area contributed by atoms with E-state index in [0.29, 0.717) is 5.13 Å². The highest BCUT2D eigenvalue weighted by Gasteiger charge is 2.13. The second-order valence-electron chi connectivity index (χ2n) is 4.65. The quantitative estimate of drug-likeness (QED) is 0.722. The predicted octanol–water partition coefficient (Wildman–Crippen LogP) is 3.91. The molecule has 0 fully saturated rings. The molecular formula is C15H13BrN4OS. The highest BCUT2D eigenvalue weighted by Crippen LogP contribution is 2.33. The fourth-order valence-corrected chi connectivity index (χ4v) is 3.17. The highest BCUT2D eigenvalue weighted by atomic mass is 79.9. The maximum absolute atomic E-state index is 9.56. The Morgan fingerprint density at radius 1 is 1.27 bits per heavy atom. The molecule has 0 aromatic carbocycles. The molecule has 0 aliphatic carbocycles. The number of hydrogen-bond acceptors (Lipinski definition) is 6. The van der Waals surface area contributed by atoms with E-state index < -0.39 is 0 Å². The van der Waals surface area contributed by atoms with Crippen LogP contribution in [0, 0.1) is 6.92 Å². The Morgan fingerprint density at radius 3 is 2.82 bits per heavy atom. The van der Waals surface area contributed by atoms with E-state index in [1.807, 2.05) is 25.1 Å². The average Bonchev–Trinajstić information content (AvgIpc) is 2.92. The number of anilines is 2. The minimum Gasteiger partial charge on any atom is -0.391 e. The lowest BCUT2D eigenvalue weighted by Gasteiger charge is -2.01. The molecule has 0 saturated carbocycles. The van der Waals surface area contributed by atoms with Gasteiger partial charge in [0, 0.05) is 28.1 Å². The van der Waals surface area contributed by atoms with E-state index in [1.165, 1.54) is 11.3 Å². The van der Waals surface area contributed by atoms with E-state index in [9.17, 15) is 5.11 Å². The van der Waals surface area contributed by atoms with Crippen molar-refractivity contribution in [2.45, 2.75) is 13.5 Å². The first kappa shape index (κ1) is 15.1. The number of aryl methyl sites for hydroxylation is 1. The van der Waals surface area contributed by atoms with E-state index in [2.05, 4.69) is 36.2 Å². The lowest BCUT2D eigenvalue weighted by molar-refractivity contribution is 0.286. The molecule has 0 aliphatic rings. The van der Waals surface area contributed by atoms with Gasteiger partial charge >= 0.3 is 0 Å². The number of pyridine rings is 2. The molecule has 22 heavy (non-hydrogen) atoms. The van der Waals surface area contributed by atoms with Crippen molar-refractivity contribution in [3.05, 3.63) is 51.8 Å². The molecule has 2 N–H and O–H groups in total. The number of thiazole rings is 1. The van der Waals surface area contributed by atoms with Gasteiger partial charge in [-0.3, -0.25) is 9.97 Å². The van der Waals surface area contributed by atoms with Gasteiger partial charge < -0.3 is 10.4 Å². The van der Waals surface area contributed by atoms with Crippen LogP contribution in [0.4, 0.5) is 10.8 Å². The van der Waals surface area contributed by atoms with E-state index in [4.69, 9.17) is 0 Å². The smallest absolute Gasteiger partial charge is 0.188 e. The van der Waals surface area contributed by atoms with E-state index in [-0.39, 0.29) is 6.61 Å². The van der Waals surface area contributed by atoms with Gasteiger partial charge in [-0.15, -0.1) is 0 Å². The Hall–Kier alpha value is -1.83. The highest BCUT2D eigenvalue weighted by molar-refractivity contribution is 9.10. The lowest BCUT2D eigenvalue weighted by Crippen LogP contribution is -1.91. The third-order valence-electron chi connectivity index (χ3n) is 2.98. The molecule has 0 spiro atoms. The molecule has 5 nitrogen and oxygen atoms in total. The molecule has 3 heterocycles. The molecule has 0 atom stereocenters. The normalized spacial score (nSPS) is 10.7. The van der Waals surface area contributed by atoms with Crippen LogP contribution in [0.25, 0.3) is 11.3 Å². The van der Waals surface area contributed by atoms with E-state index >= 15 is 0 Å². The summed E-state index contributed by atoms with van der Waals surface area (Å²) < 4.78 is 0.874. The zero-order valence-electron chi connectivity index (χ0n) is 11.7. The zero-order chi connectivity index (χ0) is 15.5. The Labute approximate surface area is 140 Å². The van der Waals surface area contributed by atoms with Gasteiger partial charge in [0.1, 0.15) is 0 Å². The maximum atomic E-state index is 9.56. The number of halogens is 1. The summed E-state index contributed by atoms with van der Waals surface area (Å²) in [4.78, 5) is 13.8. The standard InChI is InChI=1S/C15H13BrN4OS/c1-9-2-3-12(7-18-9)19-15-20-14(13(8-21)22-15)10-4-11(16)6-17-5-10/h2-7,21H,8H2,1H3,(H,19,20). The molecule has 0 aliphatic heterocycles. The zero-order valence-corrected chi connectivity index (χ0v) is 14.1.